The van der Waals surface area contributed by atoms with E-state index >= 15 is 0 Å². The molecule has 0 bridgehead atoms. The number of amides is 1. The van der Waals surface area contributed by atoms with E-state index in [4.69, 9.17) is 0 Å². The number of carbonyl (C=O) groups excluding carboxylic acids is 1. The van der Waals surface area contributed by atoms with Crippen LogP contribution in [0.1, 0.15) is 31.4 Å². The van der Waals surface area contributed by atoms with Crippen LogP contribution < -0.4 is 5.32 Å². The molecule has 0 aliphatic heterocycles. The van der Waals surface area contributed by atoms with Gasteiger partial charge in [-0.25, -0.2) is 8.42 Å². The second kappa shape index (κ2) is 9.01. The molecule has 0 aliphatic rings. The number of hydrogen-bond acceptors (Lipinski definition) is 4. The van der Waals surface area contributed by atoms with Gasteiger partial charge in [-0.3, -0.25) is 4.79 Å². The Morgan fingerprint density at radius 1 is 1.07 bits per heavy atom. The highest BCUT2D eigenvalue weighted by molar-refractivity contribution is 7.89. The standard InChI is InChI=1S/C20H26N2O4S/c1-4-22(5-2)27(25,26)17-10-7-16(8-11-17)9-13-20(24)21-18-12-6-15(3)14-19(18)23/h6-8,10-12,14,23H,4-5,9,13H2,1-3H3,(H,21,24). The number of aromatic hydroxyl groups is 1. The zero-order valence-corrected chi connectivity index (χ0v) is 16.7. The van der Waals surface area contributed by atoms with Gasteiger partial charge in [0.1, 0.15) is 5.75 Å². The molecular weight excluding hydrogens is 364 g/mol. The Bertz CT molecular complexity index is 889. The van der Waals surface area contributed by atoms with Gasteiger partial charge in [0.05, 0.1) is 10.6 Å². The molecule has 2 aromatic carbocycles. The summed E-state index contributed by atoms with van der Waals surface area (Å²) in [5.74, 6) is -0.177. The first kappa shape index (κ1) is 20.9. The first-order valence-electron chi connectivity index (χ1n) is 8.96. The molecule has 7 heteroatoms. The molecule has 146 valence electrons. The van der Waals surface area contributed by atoms with Crippen molar-refractivity contribution in [3.05, 3.63) is 53.6 Å². The van der Waals surface area contributed by atoms with Crippen LogP contribution in [0.2, 0.25) is 0 Å². The van der Waals surface area contributed by atoms with Gasteiger partial charge in [-0.05, 0) is 48.7 Å². The maximum atomic E-state index is 12.5. The number of hydrogen-bond donors (Lipinski definition) is 2. The fourth-order valence-corrected chi connectivity index (χ4v) is 4.22. The molecule has 0 unspecified atom stereocenters. The lowest BCUT2D eigenvalue weighted by molar-refractivity contribution is -0.116. The minimum Gasteiger partial charge on any atom is -0.506 e. The van der Waals surface area contributed by atoms with Crippen LogP contribution in [0.5, 0.6) is 5.75 Å². The summed E-state index contributed by atoms with van der Waals surface area (Å²) in [7, 11) is -3.47. The number of phenolic OH excluding ortho intramolecular Hbond substituents is 1. The summed E-state index contributed by atoms with van der Waals surface area (Å²) >= 11 is 0. The van der Waals surface area contributed by atoms with E-state index in [-0.39, 0.29) is 23.0 Å². The fourth-order valence-electron chi connectivity index (χ4n) is 2.76. The maximum absolute atomic E-state index is 12.5. The molecule has 0 saturated heterocycles. The van der Waals surface area contributed by atoms with Gasteiger partial charge < -0.3 is 10.4 Å². The van der Waals surface area contributed by atoms with E-state index in [2.05, 4.69) is 5.32 Å². The van der Waals surface area contributed by atoms with Crippen LogP contribution in [0, 0.1) is 6.92 Å². The van der Waals surface area contributed by atoms with Gasteiger partial charge in [0.2, 0.25) is 15.9 Å². The molecule has 0 atom stereocenters. The first-order chi connectivity index (χ1) is 12.8. The molecule has 0 saturated carbocycles. The number of anilines is 1. The Morgan fingerprint density at radius 3 is 2.26 bits per heavy atom. The molecule has 2 aromatic rings. The van der Waals surface area contributed by atoms with Gasteiger partial charge in [-0.2, -0.15) is 4.31 Å². The van der Waals surface area contributed by atoms with E-state index in [0.29, 0.717) is 25.2 Å². The molecule has 0 aromatic heterocycles. The van der Waals surface area contributed by atoms with E-state index in [9.17, 15) is 18.3 Å². The molecule has 2 N–H and O–H groups in total. The third-order valence-electron chi connectivity index (χ3n) is 4.33. The Balaban J connectivity index is 1.97. The van der Waals surface area contributed by atoms with Gasteiger partial charge in [0.25, 0.3) is 0 Å². The third kappa shape index (κ3) is 5.30. The van der Waals surface area contributed by atoms with Crippen LogP contribution in [-0.4, -0.2) is 36.8 Å². The van der Waals surface area contributed by atoms with E-state index in [1.54, 1.807) is 50.2 Å². The smallest absolute Gasteiger partial charge is 0.243 e. The van der Waals surface area contributed by atoms with Crippen LogP contribution in [-0.2, 0) is 21.2 Å². The number of carbonyl (C=O) groups is 1. The van der Waals surface area contributed by atoms with E-state index in [1.165, 1.54) is 4.31 Å². The lowest BCUT2D eigenvalue weighted by atomic mass is 10.1. The van der Waals surface area contributed by atoms with Crippen LogP contribution in [0.25, 0.3) is 0 Å². The zero-order valence-electron chi connectivity index (χ0n) is 15.9. The van der Waals surface area contributed by atoms with Gasteiger partial charge in [-0.1, -0.05) is 32.0 Å². The van der Waals surface area contributed by atoms with Gasteiger partial charge >= 0.3 is 0 Å². The van der Waals surface area contributed by atoms with Crippen molar-refractivity contribution < 1.29 is 18.3 Å². The van der Waals surface area contributed by atoms with Crippen molar-refractivity contribution >= 4 is 21.6 Å². The second-order valence-corrected chi connectivity index (χ2v) is 8.24. The number of sulfonamides is 1. The predicted molar refractivity (Wildman–Crippen MR) is 106 cm³/mol. The SMILES string of the molecule is CCN(CC)S(=O)(=O)c1ccc(CCC(=O)Nc2ccc(C)cc2O)cc1. The summed E-state index contributed by atoms with van der Waals surface area (Å²) in [6, 6.07) is 11.7. The highest BCUT2D eigenvalue weighted by Gasteiger charge is 2.21. The average molecular weight is 391 g/mol. The number of aryl methyl sites for hydroxylation is 2. The summed E-state index contributed by atoms with van der Waals surface area (Å²) in [4.78, 5) is 12.3. The number of nitrogens with zero attached hydrogens (tertiary/aromatic N) is 1. The monoisotopic (exact) mass is 390 g/mol. The van der Waals surface area contributed by atoms with Crippen LogP contribution in [0.4, 0.5) is 5.69 Å². The minimum absolute atomic E-state index is 0.0364. The number of phenols is 1. The lowest BCUT2D eigenvalue weighted by Gasteiger charge is -2.18. The summed E-state index contributed by atoms with van der Waals surface area (Å²) in [6.07, 6.45) is 0.708. The molecule has 2 rings (SSSR count). The largest absolute Gasteiger partial charge is 0.506 e. The van der Waals surface area contributed by atoms with Crippen LogP contribution in [0.3, 0.4) is 0 Å². The molecule has 6 nitrogen and oxygen atoms in total. The van der Waals surface area contributed by atoms with Gasteiger partial charge in [0.15, 0.2) is 0 Å². The Labute approximate surface area is 160 Å². The Morgan fingerprint density at radius 2 is 1.70 bits per heavy atom. The van der Waals surface area contributed by atoms with Gasteiger partial charge in [-0.15, -0.1) is 0 Å². The van der Waals surface area contributed by atoms with E-state index in [1.807, 2.05) is 13.0 Å². The van der Waals surface area contributed by atoms with E-state index < -0.39 is 10.0 Å². The maximum Gasteiger partial charge on any atom is 0.243 e. The molecular formula is C20H26N2O4S. The quantitative estimate of drug-likeness (QED) is 0.677. The highest BCUT2D eigenvalue weighted by atomic mass is 32.2. The van der Waals surface area contributed by atoms with Crippen molar-refractivity contribution in [2.75, 3.05) is 18.4 Å². The number of rotatable bonds is 8. The van der Waals surface area contributed by atoms with Crippen molar-refractivity contribution in [3.63, 3.8) is 0 Å². The molecule has 0 heterocycles. The van der Waals surface area contributed by atoms with Gasteiger partial charge in [0, 0.05) is 19.5 Å². The Kier molecular flexibility index (Phi) is 6.98. The van der Waals surface area contributed by atoms with Crippen molar-refractivity contribution in [3.8, 4) is 5.75 Å². The summed E-state index contributed by atoms with van der Waals surface area (Å²) in [5, 5.41) is 12.5. The number of nitrogens with one attached hydrogen (secondary N) is 1. The first-order valence-corrected chi connectivity index (χ1v) is 10.4. The fraction of sp³-hybridized carbons (Fsp3) is 0.350. The topological polar surface area (TPSA) is 86.7 Å². The molecule has 27 heavy (non-hydrogen) atoms. The second-order valence-electron chi connectivity index (χ2n) is 6.30. The molecule has 0 radical (unpaired) electrons. The normalized spacial score (nSPS) is 11.6. The molecule has 0 spiro atoms. The minimum atomic E-state index is -3.47. The van der Waals surface area contributed by atoms with Crippen molar-refractivity contribution in [1.82, 2.24) is 4.31 Å². The van der Waals surface area contributed by atoms with Crippen molar-refractivity contribution in [2.24, 2.45) is 0 Å². The highest BCUT2D eigenvalue weighted by Crippen LogP contribution is 2.24. The average Bonchev–Trinajstić information content (AvgIpc) is 2.63. The predicted octanol–water partition coefficient (Wildman–Crippen LogP) is 3.30. The molecule has 0 aliphatic carbocycles. The zero-order chi connectivity index (χ0) is 20.0. The Hall–Kier alpha value is -2.38. The summed E-state index contributed by atoms with van der Waals surface area (Å²) in [6.45, 7) is 6.31. The van der Waals surface area contributed by atoms with Crippen LogP contribution in [0.15, 0.2) is 47.4 Å². The van der Waals surface area contributed by atoms with Crippen LogP contribution >= 0.6 is 0 Å². The molecule has 0 fully saturated rings. The summed E-state index contributed by atoms with van der Waals surface area (Å²) in [5.41, 5.74) is 2.16. The van der Waals surface area contributed by atoms with Crippen molar-refractivity contribution in [2.45, 2.75) is 38.5 Å². The number of benzene rings is 2. The van der Waals surface area contributed by atoms with Crippen molar-refractivity contribution in [1.29, 1.82) is 0 Å². The summed E-state index contributed by atoms with van der Waals surface area (Å²) < 4.78 is 26.3. The van der Waals surface area contributed by atoms with E-state index in [0.717, 1.165) is 11.1 Å². The molecule has 1 amide bonds. The lowest BCUT2D eigenvalue weighted by Crippen LogP contribution is -2.30. The third-order valence-corrected chi connectivity index (χ3v) is 6.40.